The van der Waals surface area contributed by atoms with Gasteiger partial charge in [-0.15, -0.1) is 3.89 Å². The molecule has 1 atom stereocenters. The number of nitrogens with zero attached hydrogens (tertiary/aromatic N) is 1. The Hall–Kier alpha value is -1.77. The molecule has 1 unspecified atom stereocenters. The number of benzene rings is 1. The maximum absolute atomic E-state index is 13.6. The van der Waals surface area contributed by atoms with Crippen LogP contribution in [0.3, 0.4) is 0 Å². The van der Waals surface area contributed by atoms with Crippen LogP contribution in [0.4, 0.5) is 18.4 Å². The molecule has 1 aliphatic heterocycles. The van der Waals surface area contributed by atoms with Crippen molar-refractivity contribution in [1.82, 2.24) is 0 Å². The number of halogens is 3. The van der Waals surface area contributed by atoms with Crippen molar-refractivity contribution < 1.29 is 30.6 Å². The van der Waals surface area contributed by atoms with Crippen LogP contribution >= 0.6 is 0 Å². The zero-order valence-electron chi connectivity index (χ0n) is 11.0. The maximum atomic E-state index is 13.6. The molecule has 0 aromatic heterocycles. The van der Waals surface area contributed by atoms with Crippen molar-refractivity contribution in [2.75, 3.05) is 24.3 Å². The number of ether oxygens (including phenoxy) is 1. The normalized spacial score (nSPS) is 19.1. The number of methoxy groups -OCH3 is 1. The van der Waals surface area contributed by atoms with Gasteiger partial charge in [-0.3, -0.25) is 4.79 Å². The molecule has 1 saturated heterocycles. The highest BCUT2D eigenvalue weighted by Gasteiger charge is 2.34. The third kappa shape index (κ3) is 3.46. The molecule has 21 heavy (non-hydrogen) atoms. The number of anilines is 1. The van der Waals surface area contributed by atoms with E-state index in [1.54, 1.807) is 0 Å². The highest BCUT2D eigenvalue weighted by Crippen LogP contribution is 2.31. The second kappa shape index (κ2) is 5.55. The molecule has 0 radical (unpaired) electrons. The lowest BCUT2D eigenvalue weighted by Crippen LogP contribution is -2.25. The summed E-state index contributed by atoms with van der Waals surface area (Å²) in [6.45, 7) is -0.118. The first-order valence-electron chi connectivity index (χ1n) is 5.97. The van der Waals surface area contributed by atoms with E-state index >= 15 is 0 Å². The summed E-state index contributed by atoms with van der Waals surface area (Å²) in [5.41, 5.74) is -0.0606. The van der Waals surface area contributed by atoms with Crippen LogP contribution in [0.5, 0.6) is 5.75 Å². The van der Waals surface area contributed by atoms with Gasteiger partial charge >= 0.3 is 10.2 Å². The minimum atomic E-state index is -4.71. The first kappa shape index (κ1) is 15.6. The van der Waals surface area contributed by atoms with Crippen molar-refractivity contribution in [2.24, 2.45) is 5.92 Å². The third-order valence-electron chi connectivity index (χ3n) is 3.14. The Morgan fingerprint density at radius 2 is 1.90 bits per heavy atom. The summed E-state index contributed by atoms with van der Waals surface area (Å²) in [4.78, 5) is 12.8. The summed E-state index contributed by atoms with van der Waals surface area (Å²) in [6.07, 6.45) is -0.196. The molecule has 1 aromatic rings. The Morgan fingerprint density at radius 1 is 1.33 bits per heavy atom. The summed E-state index contributed by atoms with van der Waals surface area (Å²) in [5, 5.41) is 0. The highest BCUT2D eigenvalue weighted by molar-refractivity contribution is 7.86. The largest absolute Gasteiger partial charge is 0.491 e. The van der Waals surface area contributed by atoms with Crippen LogP contribution in [0.25, 0.3) is 0 Å². The van der Waals surface area contributed by atoms with Gasteiger partial charge in [0.05, 0.1) is 12.9 Å². The van der Waals surface area contributed by atoms with Crippen molar-refractivity contribution in [2.45, 2.75) is 6.42 Å². The molecule has 1 aromatic carbocycles. The van der Waals surface area contributed by atoms with Gasteiger partial charge in [0.2, 0.25) is 5.91 Å². The molecule has 2 rings (SSSR count). The Labute approximate surface area is 119 Å². The second-order valence-corrected chi connectivity index (χ2v) is 6.13. The molecule has 0 aliphatic carbocycles. The van der Waals surface area contributed by atoms with E-state index in [0.29, 0.717) is 0 Å². The smallest absolute Gasteiger partial charge is 0.302 e. The van der Waals surface area contributed by atoms with E-state index in [1.165, 1.54) is 0 Å². The molecule has 0 N–H and O–H groups in total. The molecule has 0 spiro atoms. The van der Waals surface area contributed by atoms with Gasteiger partial charge in [-0.1, -0.05) is 0 Å². The number of amides is 1. The molecule has 9 heteroatoms. The minimum absolute atomic E-state index is 0.0606. The fourth-order valence-electron chi connectivity index (χ4n) is 2.32. The summed E-state index contributed by atoms with van der Waals surface area (Å²) >= 11 is 0. The predicted molar refractivity (Wildman–Crippen MR) is 68.3 cm³/mol. The van der Waals surface area contributed by atoms with Crippen molar-refractivity contribution >= 4 is 21.8 Å². The second-order valence-electron chi connectivity index (χ2n) is 4.72. The van der Waals surface area contributed by atoms with Crippen molar-refractivity contribution in [3.8, 4) is 5.75 Å². The van der Waals surface area contributed by atoms with Gasteiger partial charge in [0.15, 0.2) is 17.4 Å². The lowest BCUT2D eigenvalue weighted by molar-refractivity contribution is -0.117. The van der Waals surface area contributed by atoms with Gasteiger partial charge in [-0.25, -0.2) is 8.78 Å². The predicted octanol–water partition coefficient (Wildman–Crippen LogP) is 1.63. The van der Waals surface area contributed by atoms with Crippen LogP contribution in [0.1, 0.15) is 6.42 Å². The zero-order chi connectivity index (χ0) is 15.8. The minimum Gasteiger partial charge on any atom is -0.491 e. The van der Waals surface area contributed by atoms with Gasteiger partial charge in [-0.05, 0) is 0 Å². The van der Waals surface area contributed by atoms with Crippen LogP contribution < -0.4 is 9.64 Å². The summed E-state index contributed by atoms with van der Waals surface area (Å²) in [5.74, 6) is -4.61. The Bertz CT molecular complexity index is 654. The van der Waals surface area contributed by atoms with Crippen LogP contribution in [0.15, 0.2) is 12.1 Å². The molecular formula is C12H12F3NO4S. The SMILES string of the molecule is COc1c(F)cc(N2CC(CS(=O)(=O)F)CC2=O)cc1F. The topological polar surface area (TPSA) is 63.7 Å². The molecule has 1 heterocycles. The van der Waals surface area contributed by atoms with Crippen molar-refractivity contribution in [1.29, 1.82) is 0 Å². The molecule has 1 fully saturated rings. The van der Waals surface area contributed by atoms with E-state index in [9.17, 15) is 25.9 Å². The van der Waals surface area contributed by atoms with E-state index in [1.807, 2.05) is 0 Å². The molecule has 1 aliphatic rings. The summed E-state index contributed by atoms with van der Waals surface area (Å²) in [6, 6.07) is 1.82. The van der Waals surface area contributed by atoms with Crippen molar-refractivity contribution in [3.63, 3.8) is 0 Å². The lowest BCUT2D eigenvalue weighted by atomic mass is 10.1. The van der Waals surface area contributed by atoms with Gasteiger partial charge in [0.1, 0.15) is 0 Å². The van der Waals surface area contributed by atoms with E-state index in [-0.39, 0.29) is 18.7 Å². The van der Waals surface area contributed by atoms with Gasteiger partial charge in [0, 0.05) is 36.7 Å². The third-order valence-corrected chi connectivity index (χ3v) is 4.01. The first-order valence-corrected chi connectivity index (χ1v) is 7.52. The molecule has 5 nitrogen and oxygen atoms in total. The van der Waals surface area contributed by atoms with E-state index in [2.05, 4.69) is 4.74 Å². The number of rotatable bonds is 4. The first-order chi connectivity index (χ1) is 9.71. The summed E-state index contributed by atoms with van der Waals surface area (Å²) < 4.78 is 65.5. The number of hydrogen-bond donors (Lipinski definition) is 0. The van der Waals surface area contributed by atoms with Gasteiger partial charge in [-0.2, -0.15) is 8.42 Å². The fraction of sp³-hybridized carbons (Fsp3) is 0.417. The average Bonchev–Trinajstić information content (AvgIpc) is 2.67. The lowest BCUT2D eigenvalue weighted by Gasteiger charge is -2.17. The van der Waals surface area contributed by atoms with Gasteiger partial charge < -0.3 is 9.64 Å². The van der Waals surface area contributed by atoms with Crippen LogP contribution in [-0.4, -0.2) is 33.7 Å². The van der Waals surface area contributed by atoms with Gasteiger partial charge in [0.25, 0.3) is 0 Å². The molecular weight excluding hydrogens is 311 g/mol. The Balaban J connectivity index is 2.25. The highest BCUT2D eigenvalue weighted by atomic mass is 32.3. The maximum Gasteiger partial charge on any atom is 0.302 e. The van der Waals surface area contributed by atoms with Crippen LogP contribution in [0, 0.1) is 17.6 Å². The van der Waals surface area contributed by atoms with E-state index in [0.717, 1.165) is 24.1 Å². The molecule has 0 saturated carbocycles. The number of carbonyl (C=O) groups is 1. The average molecular weight is 323 g/mol. The van der Waals surface area contributed by atoms with E-state index < -0.39 is 45.2 Å². The zero-order valence-corrected chi connectivity index (χ0v) is 11.8. The fourth-order valence-corrected chi connectivity index (χ4v) is 3.11. The van der Waals surface area contributed by atoms with Crippen molar-refractivity contribution in [3.05, 3.63) is 23.8 Å². The Kier molecular flexibility index (Phi) is 4.13. The monoisotopic (exact) mass is 323 g/mol. The molecule has 0 bridgehead atoms. The van der Waals surface area contributed by atoms with E-state index in [4.69, 9.17) is 0 Å². The molecule has 1 amide bonds. The van der Waals surface area contributed by atoms with Crippen LogP contribution in [0.2, 0.25) is 0 Å². The molecule has 116 valence electrons. The van der Waals surface area contributed by atoms with Crippen LogP contribution in [-0.2, 0) is 15.0 Å². The quantitative estimate of drug-likeness (QED) is 0.790. The summed E-state index contributed by atoms with van der Waals surface area (Å²) in [7, 11) is -3.61. The Morgan fingerprint density at radius 3 is 2.38 bits per heavy atom. The standard InChI is InChI=1S/C12H12F3NO4S/c1-20-12-9(13)3-8(4-10(12)14)16-5-7(2-11(16)17)6-21(15,18)19/h3-4,7H,2,5-6H2,1H3. The number of carbonyl (C=O) groups excluding carboxylic acids is 1. The number of hydrogen-bond acceptors (Lipinski definition) is 4.